The highest BCUT2D eigenvalue weighted by molar-refractivity contribution is 7.10. The Morgan fingerprint density at radius 2 is 1.92 bits per heavy atom. The molecule has 1 N–H and O–H groups in total. The summed E-state index contributed by atoms with van der Waals surface area (Å²) in [7, 11) is 0. The number of hydrogen-bond donors (Lipinski definition) is 1. The molecule has 2 nitrogen and oxygen atoms in total. The molecule has 0 spiro atoms. The SMILES string of the molecule is OCCCB1CCC(c2nc(-c3ccc4c(c3)CCCC4)cs2)CC1. The lowest BCUT2D eigenvalue weighted by molar-refractivity contribution is 0.294. The Balaban J connectivity index is 1.42. The zero-order chi connectivity index (χ0) is 17.1. The van der Waals surface area contributed by atoms with Crippen molar-refractivity contribution in [1.29, 1.82) is 0 Å². The van der Waals surface area contributed by atoms with Crippen LogP contribution in [0.3, 0.4) is 0 Å². The van der Waals surface area contributed by atoms with E-state index in [1.165, 1.54) is 73.8 Å². The van der Waals surface area contributed by atoms with E-state index in [0.717, 1.165) is 13.1 Å². The highest BCUT2D eigenvalue weighted by atomic mass is 32.1. The van der Waals surface area contributed by atoms with Gasteiger partial charge in [-0.1, -0.05) is 43.9 Å². The molecule has 2 aromatic rings. The normalized spacial score (nSPS) is 18.4. The second kappa shape index (κ2) is 8.05. The van der Waals surface area contributed by atoms with Gasteiger partial charge in [0.2, 0.25) is 0 Å². The molecule has 132 valence electrons. The van der Waals surface area contributed by atoms with E-state index < -0.39 is 0 Å². The Bertz CT molecular complexity index is 706. The Kier molecular flexibility index (Phi) is 5.57. The van der Waals surface area contributed by atoms with Gasteiger partial charge in [-0.05, 0) is 49.3 Å². The van der Waals surface area contributed by atoms with Gasteiger partial charge in [-0.2, -0.15) is 0 Å². The number of aliphatic hydroxyl groups excluding tert-OH is 1. The number of fused-ring (bicyclic) bond motifs is 1. The van der Waals surface area contributed by atoms with Crippen molar-refractivity contribution in [2.75, 3.05) is 6.61 Å². The van der Waals surface area contributed by atoms with E-state index in [1.54, 1.807) is 11.1 Å². The largest absolute Gasteiger partial charge is 0.396 e. The number of aromatic nitrogens is 1. The molecule has 0 saturated carbocycles. The van der Waals surface area contributed by atoms with Crippen molar-refractivity contribution in [3.8, 4) is 11.3 Å². The first-order valence-corrected chi connectivity index (χ1v) is 10.9. The van der Waals surface area contributed by atoms with E-state index in [-0.39, 0.29) is 0 Å². The van der Waals surface area contributed by atoms with E-state index in [0.29, 0.717) is 12.5 Å². The number of benzene rings is 1. The lowest BCUT2D eigenvalue weighted by Gasteiger charge is -2.25. The summed E-state index contributed by atoms with van der Waals surface area (Å²) >= 11 is 1.86. The first-order chi connectivity index (χ1) is 12.3. The van der Waals surface area contributed by atoms with Crippen molar-refractivity contribution in [2.45, 2.75) is 69.8 Å². The first-order valence-electron chi connectivity index (χ1n) is 10.0. The van der Waals surface area contributed by atoms with Crippen LogP contribution in [0.15, 0.2) is 23.6 Å². The van der Waals surface area contributed by atoms with E-state index >= 15 is 0 Å². The molecule has 1 saturated heterocycles. The summed E-state index contributed by atoms with van der Waals surface area (Å²) in [6.45, 7) is 1.17. The van der Waals surface area contributed by atoms with Gasteiger partial charge in [0, 0.05) is 23.5 Å². The van der Waals surface area contributed by atoms with Gasteiger partial charge >= 0.3 is 0 Å². The second-order valence-corrected chi connectivity index (χ2v) is 8.73. The van der Waals surface area contributed by atoms with Crippen LogP contribution in [-0.4, -0.2) is 23.4 Å². The predicted molar refractivity (Wildman–Crippen MR) is 108 cm³/mol. The maximum absolute atomic E-state index is 9.00. The zero-order valence-corrected chi connectivity index (χ0v) is 15.9. The summed E-state index contributed by atoms with van der Waals surface area (Å²) < 4.78 is 0. The summed E-state index contributed by atoms with van der Waals surface area (Å²) in [5, 5.41) is 12.6. The third-order valence-electron chi connectivity index (χ3n) is 6.13. The molecule has 1 aliphatic carbocycles. The van der Waals surface area contributed by atoms with Gasteiger partial charge in [0.25, 0.3) is 0 Å². The maximum Gasteiger partial charge on any atom is 0.140 e. The smallest absolute Gasteiger partial charge is 0.140 e. The van der Waals surface area contributed by atoms with Crippen molar-refractivity contribution >= 4 is 18.0 Å². The van der Waals surface area contributed by atoms with E-state index in [1.807, 2.05) is 11.3 Å². The maximum atomic E-state index is 9.00. The van der Waals surface area contributed by atoms with Crippen LogP contribution in [0.1, 0.15) is 54.2 Å². The Labute approximate surface area is 155 Å². The minimum atomic E-state index is 0.344. The Morgan fingerprint density at radius 3 is 2.72 bits per heavy atom. The van der Waals surface area contributed by atoms with E-state index in [9.17, 15) is 0 Å². The molecule has 1 fully saturated rings. The molecule has 25 heavy (non-hydrogen) atoms. The van der Waals surface area contributed by atoms with Crippen molar-refractivity contribution < 1.29 is 5.11 Å². The fourth-order valence-electron chi connectivity index (χ4n) is 4.58. The number of thiazole rings is 1. The molecule has 0 unspecified atom stereocenters. The van der Waals surface area contributed by atoms with E-state index in [4.69, 9.17) is 10.1 Å². The number of nitrogens with zero attached hydrogens (tertiary/aromatic N) is 1. The molecule has 0 radical (unpaired) electrons. The molecule has 4 rings (SSSR count). The van der Waals surface area contributed by atoms with Gasteiger partial charge in [0.15, 0.2) is 0 Å². The first kappa shape index (κ1) is 17.3. The van der Waals surface area contributed by atoms with Crippen LogP contribution in [0, 0.1) is 0 Å². The third kappa shape index (κ3) is 4.01. The molecule has 0 bridgehead atoms. The summed E-state index contributed by atoms with van der Waals surface area (Å²) in [4.78, 5) is 5.02. The molecule has 2 aliphatic rings. The van der Waals surface area contributed by atoms with Gasteiger partial charge in [-0.3, -0.25) is 0 Å². The highest BCUT2D eigenvalue weighted by Crippen LogP contribution is 2.38. The van der Waals surface area contributed by atoms with Crippen LogP contribution in [0.2, 0.25) is 19.0 Å². The van der Waals surface area contributed by atoms with Gasteiger partial charge in [-0.15, -0.1) is 11.3 Å². The topological polar surface area (TPSA) is 33.1 Å². The Morgan fingerprint density at radius 1 is 1.12 bits per heavy atom. The van der Waals surface area contributed by atoms with Crippen LogP contribution < -0.4 is 0 Å². The molecule has 0 atom stereocenters. The van der Waals surface area contributed by atoms with Crippen molar-refractivity contribution in [2.24, 2.45) is 0 Å². The average Bonchev–Trinajstić information content (AvgIpc) is 3.16. The summed E-state index contributed by atoms with van der Waals surface area (Å²) in [6.07, 6.45) is 12.5. The van der Waals surface area contributed by atoms with Crippen LogP contribution in [0.4, 0.5) is 0 Å². The molecule has 4 heteroatoms. The predicted octanol–water partition coefficient (Wildman–Crippen LogP) is 5.44. The minimum absolute atomic E-state index is 0.344. The van der Waals surface area contributed by atoms with Crippen LogP contribution in [-0.2, 0) is 12.8 Å². The van der Waals surface area contributed by atoms with Crippen LogP contribution in [0.25, 0.3) is 11.3 Å². The quantitative estimate of drug-likeness (QED) is 0.726. The number of hydrogen-bond acceptors (Lipinski definition) is 3. The van der Waals surface area contributed by atoms with Gasteiger partial charge in [-0.25, -0.2) is 4.98 Å². The van der Waals surface area contributed by atoms with Crippen LogP contribution >= 0.6 is 11.3 Å². The molecular weight excluding hydrogens is 325 g/mol. The lowest BCUT2D eigenvalue weighted by atomic mass is 9.38. The molecule has 1 aliphatic heterocycles. The molecule has 1 aromatic carbocycles. The van der Waals surface area contributed by atoms with Crippen molar-refractivity contribution in [3.63, 3.8) is 0 Å². The summed E-state index contributed by atoms with van der Waals surface area (Å²) in [5.74, 6) is 0.654. The average molecular weight is 353 g/mol. The number of rotatable bonds is 5. The minimum Gasteiger partial charge on any atom is -0.396 e. The molecular formula is C21H28BNOS. The fourth-order valence-corrected chi connectivity index (χ4v) is 5.58. The van der Waals surface area contributed by atoms with E-state index in [2.05, 4.69) is 23.6 Å². The number of aryl methyl sites for hydroxylation is 2. The monoisotopic (exact) mass is 353 g/mol. The molecule has 0 amide bonds. The summed E-state index contributed by atoms with van der Waals surface area (Å²) in [6, 6.07) is 6.99. The van der Waals surface area contributed by atoms with Gasteiger partial charge in [0.05, 0.1) is 10.7 Å². The lowest BCUT2D eigenvalue weighted by Crippen LogP contribution is -2.20. The highest BCUT2D eigenvalue weighted by Gasteiger charge is 2.26. The van der Waals surface area contributed by atoms with Crippen molar-refractivity contribution in [1.82, 2.24) is 4.98 Å². The molecule has 1 aromatic heterocycles. The standard InChI is InChI=1S/C21H28BNOS/c24-13-3-10-22-11-8-17(9-12-22)21-23-20(15-25-21)19-7-6-16-4-1-2-5-18(16)14-19/h6-7,14-15,17,24H,1-5,8-13H2. The Hall–Kier alpha value is -1.13. The van der Waals surface area contributed by atoms with Crippen molar-refractivity contribution in [3.05, 3.63) is 39.7 Å². The number of aliphatic hydroxyl groups is 1. The van der Waals surface area contributed by atoms with Crippen LogP contribution in [0.5, 0.6) is 0 Å². The summed E-state index contributed by atoms with van der Waals surface area (Å²) in [5.41, 5.74) is 5.57. The fraction of sp³-hybridized carbons (Fsp3) is 0.571. The zero-order valence-electron chi connectivity index (χ0n) is 15.0. The third-order valence-corrected chi connectivity index (χ3v) is 7.14. The van der Waals surface area contributed by atoms with Gasteiger partial charge in [0.1, 0.15) is 6.71 Å². The molecule has 2 heterocycles. The van der Waals surface area contributed by atoms with Gasteiger partial charge < -0.3 is 5.11 Å². The second-order valence-electron chi connectivity index (χ2n) is 7.85.